The van der Waals surface area contributed by atoms with E-state index in [2.05, 4.69) is 16.2 Å². The average molecular weight is 315 g/mol. The first-order valence-corrected chi connectivity index (χ1v) is 7.12. The lowest BCUT2D eigenvalue weighted by atomic mass is 10.1. The van der Waals surface area contributed by atoms with Crippen molar-refractivity contribution in [2.75, 3.05) is 5.32 Å². The van der Waals surface area contributed by atoms with Crippen LogP contribution in [0.2, 0.25) is 0 Å². The summed E-state index contributed by atoms with van der Waals surface area (Å²) in [6.07, 6.45) is 4.46. The number of amides is 1. The Labute approximate surface area is 134 Å². The summed E-state index contributed by atoms with van der Waals surface area (Å²) in [4.78, 5) is 11.6. The molecule has 114 valence electrons. The molecule has 0 aliphatic rings. The van der Waals surface area contributed by atoms with E-state index in [1.807, 2.05) is 32.0 Å². The molecule has 3 N–H and O–H groups in total. The van der Waals surface area contributed by atoms with Gasteiger partial charge in [-0.05, 0) is 61.5 Å². The molecule has 0 radical (unpaired) electrons. The van der Waals surface area contributed by atoms with Crippen LogP contribution in [0, 0.1) is 13.8 Å². The second-order valence-corrected chi connectivity index (χ2v) is 5.07. The van der Waals surface area contributed by atoms with E-state index < -0.39 is 0 Å². The molecule has 0 spiro atoms. The van der Waals surface area contributed by atoms with E-state index in [0.29, 0.717) is 10.9 Å². The fraction of sp³-hybridized carbons (Fsp3) is 0.125. The number of furan rings is 1. The van der Waals surface area contributed by atoms with Crippen LogP contribution in [0.25, 0.3) is 6.08 Å². The molecule has 0 unspecified atom stereocenters. The summed E-state index contributed by atoms with van der Waals surface area (Å²) in [5.41, 5.74) is 8.30. The van der Waals surface area contributed by atoms with Gasteiger partial charge < -0.3 is 9.73 Å². The third-order valence-electron chi connectivity index (χ3n) is 3.09. The van der Waals surface area contributed by atoms with Gasteiger partial charge in [0.25, 0.3) is 5.91 Å². The number of aryl methyl sites for hydroxylation is 1. The van der Waals surface area contributed by atoms with Crippen molar-refractivity contribution in [1.82, 2.24) is 10.9 Å². The minimum atomic E-state index is -0.332. The van der Waals surface area contributed by atoms with Gasteiger partial charge in [0.15, 0.2) is 5.11 Å². The minimum absolute atomic E-state index is 0.313. The van der Waals surface area contributed by atoms with E-state index in [1.54, 1.807) is 24.5 Å². The van der Waals surface area contributed by atoms with Crippen molar-refractivity contribution in [1.29, 1.82) is 0 Å². The highest BCUT2D eigenvalue weighted by molar-refractivity contribution is 7.80. The molecule has 0 fully saturated rings. The van der Waals surface area contributed by atoms with E-state index in [-0.39, 0.29) is 5.91 Å². The van der Waals surface area contributed by atoms with Gasteiger partial charge in [0, 0.05) is 11.8 Å². The van der Waals surface area contributed by atoms with Gasteiger partial charge >= 0.3 is 0 Å². The number of anilines is 1. The topological polar surface area (TPSA) is 66.3 Å². The Morgan fingerprint density at radius 3 is 2.73 bits per heavy atom. The molecule has 0 saturated heterocycles. The van der Waals surface area contributed by atoms with Gasteiger partial charge in [-0.2, -0.15) is 0 Å². The van der Waals surface area contributed by atoms with Gasteiger partial charge in [-0.25, -0.2) is 0 Å². The number of hydrogen-bond donors (Lipinski definition) is 3. The molecular weight excluding hydrogens is 298 g/mol. The van der Waals surface area contributed by atoms with Crippen molar-refractivity contribution in [2.45, 2.75) is 13.8 Å². The lowest BCUT2D eigenvalue weighted by Gasteiger charge is -2.13. The van der Waals surface area contributed by atoms with Crippen LogP contribution in [0.3, 0.4) is 0 Å². The lowest BCUT2D eigenvalue weighted by molar-refractivity contribution is -0.116. The molecule has 5 nitrogen and oxygen atoms in total. The molecular formula is C16H17N3O2S. The van der Waals surface area contributed by atoms with Crippen LogP contribution in [-0.2, 0) is 4.79 Å². The SMILES string of the molecule is Cc1cccc(NC(=S)NNC(=O)/C=C/c2ccco2)c1C. The fourth-order valence-electron chi connectivity index (χ4n) is 1.74. The second kappa shape index (κ2) is 7.42. The van der Waals surface area contributed by atoms with Gasteiger partial charge in [-0.1, -0.05) is 12.1 Å². The fourth-order valence-corrected chi connectivity index (χ4v) is 1.91. The monoisotopic (exact) mass is 315 g/mol. The molecule has 0 bridgehead atoms. The number of rotatable bonds is 3. The van der Waals surface area contributed by atoms with Gasteiger partial charge in [0.05, 0.1) is 6.26 Å². The number of carbonyl (C=O) groups is 1. The Kier molecular flexibility index (Phi) is 5.32. The molecule has 0 atom stereocenters. The first kappa shape index (κ1) is 15.8. The van der Waals surface area contributed by atoms with Crippen molar-refractivity contribution in [2.24, 2.45) is 0 Å². The molecule has 1 amide bonds. The van der Waals surface area contributed by atoms with Crippen molar-refractivity contribution in [3.63, 3.8) is 0 Å². The number of hydrogen-bond acceptors (Lipinski definition) is 3. The smallest absolute Gasteiger partial charge is 0.262 e. The highest BCUT2D eigenvalue weighted by Crippen LogP contribution is 2.17. The maximum absolute atomic E-state index is 11.6. The summed E-state index contributed by atoms with van der Waals surface area (Å²) < 4.78 is 5.09. The van der Waals surface area contributed by atoms with E-state index in [1.165, 1.54) is 11.6 Å². The van der Waals surface area contributed by atoms with E-state index in [4.69, 9.17) is 16.6 Å². The predicted molar refractivity (Wildman–Crippen MR) is 91.2 cm³/mol. The molecule has 0 saturated carbocycles. The lowest BCUT2D eigenvalue weighted by Crippen LogP contribution is -2.43. The zero-order valence-corrected chi connectivity index (χ0v) is 13.2. The number of nitrogens with one attached hydrogen (secondary N) is 3. The molecule has 0 aliphatic carbocycles. The number of benzene rings is 1. The Bertz CT molecular complexity index is 693. The Balaban J connectivity index is 1.82. The molecule has 22 heavy (non-hydrogen) atoms. The normalized spacial score (nSPS) is 10.5. The van der Waals surface area contributed by atoms with Gasteiger partial charge in [-0.3, -0.25) is 15.6 Å². The molecule has 2 rings (SSSR count). The predicted octanol–water partition coefficient (Wildman–Crippen LogP) is 2.93. The van der Waals surface area contributed by atoms with Crippen LogP contribution < -0.4 is 16.2 Å². The minimum Gasteiger partial charge on any atom is -0.465 e. The zero-order valence-electron chi connectivity index (χ0n) is 12.3. The molecule has 1 heterocycles. The van der Waals surface area contributed by atoms with Crippen LogP contribution in [0.5, 0.6) is 0 Å². The Morgan fingerprint density at radius 1 is 1.18 bits per heavy atom. The van der Waals surface area contributed by atoms with Crippen molar-refractivity contribution >= 4 is 35.0 Å². The Morgan fingerprint density at radius 2 is 2.00 bits per heavy atom. The quantitative estimate of drug-likeness (QED) is 0.462. The maximum Gasteiger partial charge on any atom is 0.262 e. The summed E-state index contributed by atoms with van der Waals surface area (Å²) in [6, 6.07) is 9.40. The molecule has 2 aromatic rings. The summed E-state index contributed by atoms with van der Waals surface area (Å²) in [6.45, 7) is 4.03. The largest absolute Gasteiger partial charge is 0.465 e. The highest BCUT2D eigenvalue weighted by Gasteiger charge is 2.03. The van der Waals surface area contributed by atoms with Crippen LogP contribution in [-0.4, -0.2) is 11.0 Å². The van der Waals surface area contributed by atoms with E-state index in [0.717, 1.165) is 11.3 Å². The molecule has 6 heteroatoms. The van der Waals surface area contributed by atoms with Crippen molar-refractivity contribution in [3.05, 3.63) is 59.6 Å². The summed E-state index contributed by atoms with van der Waals surface area (Å²) >= 11 is 5.14. The van der Waals surface area contributed by atoms with E-state index in [9.17, 15) is 4.79 Å². The van der Waals surface area contributed by atoms with E-state index >= 15 is 0 Å². The third-order valence-corrected chi connectivity index (χ3v) is 3.30. The molecule has 0 aliphatic heterocycles. The Hall–Kier alpha value is -2.60. The van der Waals surface area contributed by atoms with Gasteiger partial charge in [0.2, 0.25) is 0 Å². The van der Waals surface area contributed by atoms with Crippen LogP contribution in [0.1, 0.15) is 16.9 Å². The summed E-state index contributed by atoms with van der Waals surface area (Å²) in [5, 5.41) is 3.35. The maximum atomic E-state index is 11.6. The standard InChI is InChI=1S/C16H17N3O2S/c1-11-5-3-7-14(12(11)2)17-16(22)19-18-15(20)9-8-13-6-4-10-21-13/h3-10H,1-2H3,(H,18,20)(H2,17,19,22)/b9-8+. The van der Waals surface area contributed by atoms with Gasteiger partial charge in [0.1, 0.15) is 5.76 Å². The number of thiocarbonyl (C=S) groups is 1. The van der Waals surface area contributed by atoms with Gasteiger partial charge in [-0.15, -0.1) is 0 Å². The number of carbonyl (C=O) groups excluding carboxylic acids is 1. The van der Waals surface area contributed by atoms with Crippen LogP contribution in [0.4, 0.5) is 5.69 Å². The summed E-state index contributed by atoms with van der Waals surface area (Å²) in [5.74, 6) is 0.271. The summed E-state index contributed by atoms with van der Waals surface area (Å²) in [7, 11) is 0. The van der Waals surface area contributed by atoms with Crippen molar-refractivity contribution < 1.29 is 9.21 Å². The molecule has 1 aromatic heterocycles. The number of hydrazine groups is 1. The first-order chi connectivity index (χ1) is 10.6. The van der Waals surface area contributed by atoms with Crippen LogP contribution >= 0.6 is 12.2 Å². The first-order valence-electron chi connectivity index (χ1n) is 6.71. The molecule has 1 aromatic carbocycles. The second-order valence-electron chi connectivity index (χ2n) is 4.66. The van der Waals surface area contributed by atoms with Crippen molar-refractivity contribution in [3.8, 4) is 0 Å². The average Bonchev–Trinajstić information content (AvgIpc) is 3.01. The highest BCUT2D eigenvalue weighted by atomic mass is 32.1. The van der Waals surface area contributed by atoms with Crippen LogP contribution in [0.15, 0.2) is 47.1 Å². The third kappa shape index (κ3) is 4.46. The zero-order chi connectivity index (χ0) is 15.9.